The molecule has 0 aromatic rings. The Bertz CT molecular complexity index is 1090. The third-order valence-electron chi connectivity index (χ3n) is 11.3. The molecule has 1 aliphatic rings. The van der Waals surface area contributed by atoms with Gasteiger partial charge in [0.05, 0.1) is 13.2 Å². The van der Waals surface area contributed by atoms with E-state index in [0.29, 0.717) is 13.0 Å². The minimum atomic E-state index is -5.02. The summed E-state index contributed by atoms with van der Waals surface area (Å²) < 4.78 is 34.2. The molecule has 0 aromatic carbocycles. The highest BCUT2D eigenvalue weighted by Crippen LogP contribution is 2.47. The summed E-state index contributed by atoms with van der Waals surface area (Å²) in [6.07, 6.45) is 31.0. The fourth-order valence-electron chi connectivity index (χ4n) is 7.45. The number of phosphoric ester groups is 1. The van der Waals surface area contributed by atoms with Gasteiger partial charge in [0.25, 0.3) is 0 Å². The highest BCUT2D eigenvalue weighted by molar-refractivity contribution is 7.47. The number of unbranched alkanes of at least 4 members (excludes halogenated alkanes) is 25. The number of esters is 1. The highest BCUT2D eigenvalue weighted by atomic mass is 31.2. The molecule has 6 unspecified atom stereocenters. The van der Waals surface area contributed by atoms with Gasteiger partial charge in [-0.3, -0.25) is 13.8 Å². The average molecular weight is 877 g/mol. The number of carbonyl (C=O) groups is 1. The van der Waals surface area contributed by atoms with Crippen LogP contribution < -0.4 is 0 Å². The highest BCUT2D eigenvalue weighted by Gasteiger charge is 2.51. The van der Waals surface area contributed by atoms with Crippen LogP contribution in [-0.2, 0) is 27.9 Å². The predicted octanol–water partition coefficient (Wildman–Crippen LogP) is 10.1. The van der Waals surface area contributed by atoms with E-state index in [9.17, 15) is 39.8 Å². The monoisotopic (exact) mass is 877 g/mol. The Labute approximate surface area is 364 Å². The molecule has 6 atom stereocenters. The van der Waals surface area contributed by atoms with E-state index in [1.54, 1.807) is 0 Å². The van der Waals surface area contributed by atoms with Gasteiger partial charge in [0, 0.05) is 13.0 Å². The number of aliphatic hydroxyl groups is 5. The van der Waals surface area contributed by atoms with E-state index in [0.717, 1.165) is 57.8 Å². The topological polar surface area (TPSA) is 192 Å². The van der Waals surface area contributed by atoms with Gasteiger partial charge in [-0.15, -0.1) is 0 Å². The van der Waals surface area contributed by atoms with Crippen LogP contribution in [-0.4, -0.2) is 98.9 Å². The van der Waals surface area contributed by atoms with Gasteiger partial charge in [-0.25, -0.2) is 4.57 Å². The molecule has 1 saturated carbocycles. The zero-order chi connectivity index (χ0) is 44.1. The van der Waals surface area contributed by atoms with E-state index < -0.39 is 63.1 Å². The molecule has 6 N–H and O–H groups in total. The number of hydrogen-bond donors (Lipinski definition) is 6. The fraction of sp³-hybridized carbons (Fsp3) is 0.894. The zero-order valence-corrected chi connectivity index (χ0v) is 38.7. The van der Waals surface area contributed by atoms with Crippen molar-refractivity contribution in [3.05, 3.63) is 24.3 Å². The van der Waals surface area contributed by atoms with E-state index in [-0.39, 0.29) is 13.0 Å². The van der Waals surface area contributed by atoms with Crippen LogP contribution in [0.5, 0.6) is 0 Å². The lowest BCUT2D eigenvalue weighted by Crippen LogP contribution is -2.64. The van der Waals surface area contributed by atoms with Crippen molar-refractivity contribution in [2.24, 2.45) is 0 Å². The number of allylic oxidation sites excluding steroid dienone is 4. The second-order valence-electron chi connectivity index (χ2n) is 17.0. The molecular formula is C47H89O12P. The van der Waals surface area contributed by atoms with Crippen molar-refractivity contribution in [2.45, 2.75) is 249 Å². The lowest BCUT2D eigenvalue weighted by atomic mass is 9.85. The van der Waals surface area contributed by atoms with E-state index >= 15 is 0 Å². The predicted molar refractivity (Wildman–Crippen MR) is 240 cm³/mol. The SMILES string of the molecule is CCCCCC/C=C\C/C=C\CCCCCCCCCCOCC(COP(=O)(O)OC1C(O)C(O)C(O)C(O)C1O)OC(=O)CCCCCCCCCCCCCCCC. The molecule has 1 fully saturated rings. The quantitative estimate of drug-likeness (QED) is 0.0148. The van der Waals surface area contributed by atoms with E-state index in [4.69, 9.17) is 18.5 Å². The first kappa shape index (κ1) is 56.8. The van der Waals surface area contributed by atoms with Crippen LogP contribution in [0.2, 0.25) is 0 Å². The Morgan fingerprint density at radius 1 is 0.533 bits per heavy atom. The maximum Gasteiger partial charge on any atom is 0.472 e. The summed E-state index contributed by atoms with van der Waals surface area (Å²) in [5, 5.41) is 50.2. The molecule has 60 heavy (non-hydrogen) atoms. The first-order valence-electron chi connectivity index (χ1n) is 24.2. The normalized spacial score (nSPS) is 22.5. The average Bonchev–Trinajstić information content (AvgIpc) is 3.23. The van der Waals surface area contributed by atoms with Crippen molar-refractivity contribution < 1.29 is 58.3 Å². The van der Waals surface area contributed by atoms with Gasteiger partial charge in [0.1, 0.15) is 42.7 Å². The van der Waals surface area contributed by atoms with Crippen LogP contribution in [0.25, 0.3) is 0 Å². The Kier molecular flexibility index (Phi) is 36.3. The molecule has 1 rings (SSSR count). The number of aliphatic hydroxyl groups excluding tert-OH is 5. The molecule has 0 bridgehead atoms. The number of hydrogen-bond acceptors (Lipinski definition) is 11. The summed E-state index contributed by atoms with van der Waals surface area (Å²) in [7, 11) is -5.02. The first-order chi connectivity index (χ1) is 29.0. The molecule has 0 aliphatic heterocycles. The minimum absolute atomic E-state index is 0.0768. The van der Waals surface area contributed by atoms with Gasteiger partial charge in [0.2, 0.25) is 0 Å². The minimum Gasteiger partial charge on any atom is -0.457 e. The van der Waals surface area contributed by atoms with Gasteiger partial charge < -0.3 is 39.9 Å². The van der Waals surface area contributed by atoms with E-state index in [1.165, 1.54) is 122 Å². The lowest BCUT2D eigenvalue weighted by Gasteiger charge is -2.41. The lowest BCUT2D eigenvalue weighted by molar-refractivity contribution is -0.220. The summed E-state index contributed by atoms with van der Waals surface area (Å²) in [5.74, 6) is -0.477. The number of carbonyl (C=O) groups excluding carboxylic acids is 1. The standard InChI is InChI=1S/C47H89O12P/c1-3-5-7-9-11-13-15-17-19-20-21-22-23-25-27-29-31-33-35-37-56-38-40(39-57-60(54,55)59-47-45(52)43(50)42(49)44(51)46(47)53)58-41(48)36-34-32-30-28-26-24-18-16-14-12-10-8-6-4-2/h13,15,19-20,40,42-47,49-53H,3-12,14,16-18,21-39H2,1-2H3,(H,54,55)/b15-13-,20-19-. The van der Waals surface area contributed by atoms with Crippen molar-refractivity contribution >= 4 is 13.8 Å². The molecule has 1 aliphatic carbocycles. The van der Waals surface area contributed by atoms with Crippen molar-refractivity contribution in [3.8, 4) is 0 Å². The van der Waals surface area contributed by atoms with Crippen LogP contribution in [0.3, 0.4) is 0 Å². The van der Waals surface area contributed by atoms with Gasteiger partial charge in [-0.1, -0.05) is 179 Å². The molecule has 0 spiro atoms. The smallest absolute Gasteiger partial charge is 0.457 e. The molecule has 0 saturated heterocycles. The first-order valence-corrected chi connectivity index (χ1v) is 25.7. The van der Waals surface area contributed by atoms with Crippen molar-refractivity contribution in [1.29, 1.82) is 0 Å². The molecule has 0 amide bonds. The van der Waals surface area contributed by atoms with Gasteiger partial charge in [-0.2, -0.15) is 0 Å². The molecule has 12 nitrogen and oxygen atoms in total. The summed E-state index contributed by atoms with van der Waals surface area (Å²) in [4.78, 5) is 23.2. The van der Waals surface area contributed by atoms with Crippen LogP contribution in [0, 0.1) is 0 Å². The largest absolute Gasteiger partial charge is 0.472 e. The van der Waals surface area contributed by atoms with E-state index in [1.807, 2.05) is 0 Å². The number of rotatable bonds is 41. The second-order valence-corrected chi connectivity index (χ2v) is 18.4. The van der Waals surface area contributed by atoms with Crippen molar-refractivity contribution in [3.63, 3.8) is 0 Å². The summed E-state index contributed by atoms with van der Waals surface area (Å²) >= 11 is 0. The van der Waals surface area contributed by atoms with Crippen molar-refractivity contribution in [2.75, 3.05) is 19.8 Å². The van der Waals surface area contributed by atoms with Crippen molar-refractivity contribution in [1.82, 2.24) is 0 Å². The molecule has 0 radical (unpaired) electrons. The number of phosphoric acid groups is 1. The summed E-state index contributed by atoms with van der Waals surface area (Å²) in [6.45, 7) is 4.25. The second kappa shape index (κ2) is 38.3. The van der Waals surface area contributed by atoms with Crippen LogP contribution in [0.1, 0.15) is 206 Å². The third-order valence-corrected chi connectivity index (χ3v) is 12.3. The Balaban J connectivity index is 2.36. The Hall–Kier alpha value is -1.18. The van der Waals surface area contributed by atoms with Gasteiger partial charge in [-0.05, 0) is 44.9 Å². The molecule has 0 heterocycles. The van der Waals surface area contributed by atoms with Crippen LogP contribution >= 0.6 is 7.82 Å². The molecule has 0 aromatic heterocycles. The number of ether oxygens (including phenoxy) is 2. The molecule has 354 valence electrons. The maximum atomic E-state index is 12.8. The fourth-order valence-corrected chi connectivity index (χ4v) is 8.42. The third kappa shape index (κ3) is 30.0. The zero-order valence-electron chi connectivity index (χ0n) is 37.8. The van der Waals surface area contributed by atoms with Gasteiger partial charge in [0.15, 0.2) is 0 Å². The van der Waals surface area contributed by atoms with Gasteiger partial charge >= 0.3 is 13.8 Å². The van der Waals surface area contributed by atoms with Crippen LogP contribution in [0.4, 0.5) is 0 Å². The Morgan fingerprint density at radius 3 is 1.42 bits per heavy atom. The Morgan fingerprint density at radius 2 is 0.933 bits per heavy atom. The van der Waals surface area contributed by atoms with E-state index in [2.05, 4.69) is 38.2 Å². The summed E-state index contributed by atoms with van der Waals surface area (Å²) in [5.41, 5.74) is 0. The summed E-state index contributed by atoms with van der Waals surface area (Å²) in [6, 6.07) is 0. The maximum absolute atomic E-state index is 12.8. The molecule has 13 heteroatoms. The van der Waals surface area contributed by atoms with Crippen LogP contribution in [0.15, 0.2) is 24.3 Å². The molecular weight excluding hydrogens is 787 g/mol.